The van der Waals surface area contributed by atoms with Crippen LogP contribution in [0.3, 0.4) is 0 Å². The van der Waals surface area contributed by atoms with E-state index in [-0.39, 0.29) is 5.41 Å². The lowest BCUT2D eigenvalue weighted by Gasteiger charge is -2.38. The van der Waals surface area contributed by atoms with Gasteiger partial charge in [-0.3, -0.25) is 0 Å². The Morgan fingerprint density at radius 2 is 2.25 bits per heavy atom. The van der Waals surface area contributed by atoms with Crippen LogP contribution >= 0.6 is 27.3 Å². The molecule has 0 radical (unpaired) electrons. The van der Waals surface area contributed by atoms with Crippen molar-refractivity contribution in [3.05, 3.63) is 27.7 Å². The molecule has 84 valence electrons. The number of nitrogens with two attached hydrogens (primary N) is 1. The van der Waals surface area contributed by atoms with Gasteiger partial charge in [-0.2, -0.15) is 0 Å². The number of thiazole rings is 1. The molecule has 0 bridgehead atoms. The van der Waals surface area contributed by atoms with Crippen LogP contribution in [-0.2, 0) is 5.41 Å². The summed E-state index contributed by atoms with van der Waals surface area (Å²) in [4.78, 5) is 4.74. The van der Waals surface area contributed by atoms with E-state index in [9.17, 15) is 0 Å². The minimum absolute atomic E-state index is 0.191. The summed E-state index contributed by atoms with van der Waals surface area (Å²) in [6, 6.07) is 6.25. The Morgan fingerprint density at radius 3 is 2.88 bits per heavy atom. The van der Waals surface area contributed by atoms with E-state index in [4.69, 9.17) is 10.7 Å². The molecule has 16 heavy (non-hydrogen) atoms. The Balaban J connectivity index is 2.11. The zero-order valence-electron chi connectivity index (χ0n) is 8.87. The number of hydrogen-bond acceptors (Lipinski definition) is 3. The second-order valence-electron chi connectivity index (χ2n) is 4.47. The van der Waals surface area contributed by atoms with Gasteiger partial charge in [0.05, 0.1) is 10.2 Å². The molecule has 0 saturated heterocycles. The molecule has 0 amide bonds. The van der Waals surface area contributed by atoms with Crippen LogP contribution < -0.4 is 5.73 Å². The van der Waals surface area contributed by atoms with E-state index in [1.807, 2.05) is 6.07 Å². The van der Waals surface area contributed by atoms with E-state index in [0.29, 0.717) is 0 Å². The zero-order chi connectivity index (χ0) is 11.2. The number of fused-ring (bicyclic) bond motifs is 1. The average molecular weight is 297 g/mol. The lowest BCUT2D eigenvalue weighted by Crippen LogP contribution is -2.41. The van der Waals surface area contributed by atoms with Crippen molar-refractivity contribution in [1.82, 2.24) is 4.98 Å². The van der Waals surface area contributed by atoms with Gasteiger partial charge in [0.15, 0.2) is 0 Å². The van der Waals surface area contributed by atoms with Crippen molar-refractivity contribution in [1.29, 1.82) is 0 Å². The minimum Gasteiger partial charge on any atom is -0.329 e. The summed E-state index contributed by atoms with van der Waals surface area (Å²) in [6.45, 7) is 0.730. The van der Waals surface area contributed by atoms with E-state index in [1.54, 1.807) is 11.3 Å². The number of halogens is 1. The van der Waals surface area contributed by atoms with Gasteiger partial charge >= 0.3 is 0 Å². The molecule has 0 atom stereocenters. The zero-order valence-corrected chi connectivity index (χ0v) is 11.3. The molecule has 0 unspecified atom stereocenters. The van der Waals surface area contributed by atoms with Crippen LogP contribution in [0.2, 0.25) is 0 Å². The van der Waals surface area contributed by atoms with Gasteiger partial charge in [-0.15, -0.1) is 11.3 Å². The molecule has 2 nitrogen and oxygen atoms in total. The minimum atomic E-state index is 0.191. The first-order valence-electron chi connectivity index (χ1n) is 5.50. The van der Waals surface area contributed by atoms with Crippen molar-refractivity contribution in [2.75, 3.05) is 6.54 Å². The number of rotatable bonds is 2. The van der Waals surface area contributed by atoms with Crippen LogP contribution in [0.4, 0.5) is 0 Å². The Morgan fingerprint density at radius 1 is 1.44 bits per heavy atom. The van der Waals surface area contributed by atoms with Crippen molar-refractivity contribution >= 4 is 37.5 Å². The van der Waals surface area contributed by atoms with Gasteiger partial charge in [0.1, 0.15) is 5.01 Å². The molecule has 1 aromatic carbocycles. The number of nitrogens with zero attached hydrogens (tertiary/aromatic N) is 1. The molecule has 1 saturated carbocycles. The maximum absolute atomic E-state index is 5.91. The fraction of sp³-hybridized carbons (Fsp3) is 0.417. The summed E-state index contributed by atoms with van der Waals surface area (Å²) in [5.74, 6) is 0. The third kappa shape index (κ3) is 1.51. The molecule has 4 heteroatoms. The first-order valence-corrected chi connectivity index (χ1v) is 7.11. The molecule has 1 heterocycles. The summed E-state index contributed by atoms with van der Waals surface area (Å²) in [7, 11) is 0. The highest BCUT2D eigenvalue weighted by molar-refractivity contribution is 9.10. The number of hydrogen-bond donors (Lipinski definition) is 1. The van der Waals surface area contributed by atoms with Crippen LogP contribution in [0.25, 0.3) is 10.2 Å². The molecule has 3 rings (SSSR count). The van der Waals surface area contributed by atoms with E-state index in [1.165, 1.54) is 29.0 Å². The monoisotopic (exact) mass is 296 g/mol. The molecule has 2 N–H and O–H groups in total. The van der Waals surface area contributed by atoms with Crippen molar-refractivity contribution < 1.29 is 0 Å². The van der Waals surface area contributed by atoms with Gasteiger partial charge < -0.3 is 5.73 Å². The standard InChI is InChI=1S/C12H13BrN2S/c13-8-2-3-9-10(6-8)16-11(15-9)12(7-14)4-1-5-12/h2-3,6H,1,4-5,7,14H2. The smallest absolute Gasteiger partial charge is 0.101 e. The van der Waals surface area contributed by atoms with E-state index in [0.717, 1.165) is 16.5 Å². The fourth-order valence-corrected chi connectivity index (χ4v) is 4.01. The second-order valence-corrected chi connectivity index (χ2v) is 6.42. The Kier molecular flexibility index (Phi) is 2.53. The Bertz CT molecular complexity index is 525. The summed E-state index contributed by atoms with van der Waals surface area (Å²) in [6.07, 6.45) is 3.69. The SMILES string of the molecule is NCC1(c2nc3ccc(Br)cc3s2)CCC1. The normalized spacial score (nSPS) is 18.6. The summed E-state index contributed by atoms with van der Waals surface area (Å²) >= 11 is 5.29. The first kappa shape index (κ1) is 10.7. The highest BCUT2D eigenvalue weighted by atomic mass is 79.9. The van der Waals surface area contributed by atoms with E-state index < -0.39 is 0 Å². The predicted octanol–water partition coefficient (Wildman–Crippen LogP) is 3.44. The number of aromatic nitrogens is 1. The molecule has 1 fully saturated rings. The van der Waals surface area contributed by atoms with E-state index >= 15 is 0 Å². The fourth-order valence-electron chi connectivity index (χ4n) is 2.23. The molecule has 1 aliphatic carbocycles. The maximum atomic E-state index is 5.91. The maximum Gasteiger partial charge on any atom is 0.101 e. The van der Waals surface area contributed by atoms with Crippen LogP contribution in [-0.4, -0.2) is 11.5 Å². The van der Waals surface area contributed by atoms with Crippen LogP contribution in [0.1, 0.15) is 24.3 Å². The van der Waals surface area contributed by atoms with Gasteiger partial charge in [-0.05, 0) is 31.0 Å². The molecular formula is C12H13BrN2S. The van der Waals surface area contributed by atoms with Gasteiger partial charge in [0.2, 0.25) is 0 Å². The van der Waals surface area contributed by atoms with Crippen molar-refractivity contribution in [3.8, 4) is 0 Å². The summed E-state index contributed by atoms with van der Waals surface area (Å²) in [5.41, 5.74) is 7.20. The van der Waals surface area contributed by atoms with Crippen LogP contribution in [0, 0.1) is 0 Å². The van der Waals surface area contributed by atoms with Gasteiger partial charge in [-0.1, -0.05) is 22.4 Å². The topological polar surface area (TPSA) is 38.9 Å². The quantitative estimate of drug-likeness (QED) is 0.922. The molecule has 2 aromatic rings. The van der Waals surface area contributed by atoms with E-state index in [2.05, 4.69) is 28.1 Å². The second kappa shape index (κ2) is 3.79. The van der Waals surface area contributed by atoms with Crippen LogP contribution in [0.5, 0.6) is 0 Å². The van der Waals surface area contributed by atoms with Gasteiger partial charge in [0, 0.05) is 16.4 Å². The summed E-state index contributed by atoms with van der Waals surface area (Å²) < 4.78 is 2.37. The summed E-state index contributed by atoms with van der Waals surface area (Å²) in [5, 5.41) is 1.23. The Labute approximate surface area is 107 Å². The first-order chi connectivity index (χ1) is 7.73. The lowest BCUT2D eigenvalue weighted by atomic mass is 9.69. The lowest BCUT2D eigenvalue weighted by molar-refractivity contribution is 0.252. The number of benzene rings is 1. The van der Waals surface area contributed by atoms with Crippen LogP contribution in [0.15, 0.2) is 22.7 Å². The van der Waals surface area contributed by atoms with Crippen molar-refractivity contribution in [3.63, 3.8) is 0 Å². The average Bonchev–Trinajstić information content (AvgIpc) is 2.60. The van der Waals surface area contributed by atoms with Gasteiger partial charge in [0.25, 0.3) is 0 Å². The molecular weight excluding hydrogens is 284 g/mol. The highest BCUT2D eigenvalue weighted by Crippen LogP contribution is 2.45. The largest absolute Gasteiger partial charge is 0.329 e. The Hall–Kier alpha value is -0.450. The molecule has 1 aromatic heterocycles. The predicted molar refractivity (Wildman–Crippen MR) is 71.9 cm³/mol. The highest BCUT2D eigenvalue weighted by Gasteiger charge is 2.40. The van der Waals surface area contributed by atoms with Gasteiger partial charge in [-0.25, -0.2) is 4.98 Å². The third-order valence-electron chi connectivity index (χ3n) is 3.51. The molecule has 0 aliphatic heterocycles. The van der Waals surface area contributed by atoms with Crippen molar-refractivity contribution in [2.24, 2.45) is 5.73 Å². The third-order valence-corrected chi connectivity index (χ3v) is 5.26. The molecule has 0 spiro atoms. The molecule has 1 aliphatic rings. The van der Waals surface area contributed by atoms with Crippen molar-refractivity contribution in [2.45, 2.75) is 24.7 Å².